The molecule has 2 rings (SSSR count). The van der Waals surface area contributed by atoms with Crippen molar-refractivity contribution >= 4 is 0 Å². The Morgan fingerprint density at radius 1 is 0.889 bits per heavy atom. The van der Waals surface area contributed by atoms with Crippen molar-refractivity contribution in [3.63, 3.8) is 0 Å². The molecule has 0 spiro atoms. The molecule has 0 aromatic heterocycles. The summed E-state index contributed by atoms with van der Waals surface area (Å²) in [5.41, 5.74) is 5.51. The van der Waals surface area contributed by atoms with Crippen LogP contribution in [0, 0.1) is 27.7 Å². The number of benzene rings is 2. The fraction of sp³-hybridized carbons (Fsp3) is 0.250. The van der Waals surface area contributed by atoms with Crippen molar-refractivity contribution in [3.05, 3.63) is 94.3 Å². The molecular formula is C24H28O3. The molecule has 0 atom stereocenters. The third-order valence-corrected chi connectivity index (χ3v) is 4.78. The van der Waals surface area contributed by atoms with Gasteiger partial charge in [0.15, 0.2) is 0 Å². The average molecular weight is 364 g/mol. The first-order valence-corrected chi connectivity index (χ1v) is 9.03. The maximum absolute atomic E-state index is 10.1. The van der Waals surface area contributed by atoms with Gasteiger partial charge in [-0.1, -0.05) is 43.0 Å². The second-order valence-corrected chi connectivity index (χ2v) is 7.02. The molecule has 3 N–H and O–H groups in total. The van der Waals surface area contributed by atoms with E-state index >= 15 is 0 Å². The van der Waals surface area contributed by atoms with Gasteiger partial charge >= 0.3 is 0 Å². The predicted octanol–water partition coefficient (Wildman–Crippen LogP) is 6.04. The van der Waals surface area contributed by atoms with Crippen molar-refractivity contribution in [2.45, 2.75) is 40.0 Å². The minimum Gasteiger partial charge on any atom is -0.508 e. The number of aromatic hydroxyl groups is 2. The van der Waals surface area contributed by atoms with Crippen LogP contribution in [-0.2, 0) is 0 Å². The molecule has 0 fully saturated rings. The molecule has 0 unspecified atom stereocenters. The summed E-state index contributed by atoms with van der Waals surface area (Å²) in [6.45, 7) is 11.2. The highest BCUT2D eigenvalue weighted by molar-refractivity contribution is 5.49. The van der Waals surface area contributed by atoms with Crippen LogP contribution < -0.4 is 0 Å². The number of rotatable bonds is 6. The first-order chi connectivity index (χ1) is 12.7. The molecule has 0 saturated carbocycles. The van der Waals surface area contributed by atoms with Gasteiger partial charge < -0.3 is 15.3 Å². The molecule has 0 heterocycles. The van der Waals surface area contributed by atoms with Gasteiger partial charge in [-0.15, -0.1) is 0 Å². The topological polar surface area (TPSA) is 60.7 Å². The summed E-state index contributed by atoms with van der Waals surface area (Å²) >= 11 is 0. The van der Waals surface area contributed by atoms with Crippen molar-refractivity contribution in [2.24, 2.45) is 0 Å². The lowest BCUT2D eigenvalue weighted by atomic mass is 9.85. The van der Waals surface area contributed by atoms with Crippen molar-refractivity contribution in [1.29, 1.82) is 0 Å². The highest BCUT2D eigenvalue weighted by atomic mass is 16.3. The minimum absolute atomic E-state index is 0.0359. The molecule has 2 aromatic rings. The summed E-state index contributed by atoms with van der Waals surface area (Å²) in [7, 11) is 0. The molecule has 0 aliphatic carbocycles. The van der Waals surface area contributed by atoms with E-state index in [-0.39, 0.29) is 11.7 Å². The Balaban J connectivity index is 2.52. The average Bonchev–Trinajstić information content (AvgIpc) is 2.60. The minimum atomic E-state index is 0.0359. The van der Waals surface area contributed by atoms with E-state index in [1.807, 2.05) is 58.0 Å². The fourth-order valence-electron chi connectivity index (χ4n) is 3.35. The van der Waals surface area contributed by atoms with Crippen molar-refractivity contribution < 1.29 is 15.3 Å². The van der Waals surface area contributed by atoms with E-state index in [2.05, 4.69) is 6.58 Å². The summed E-state index contributed by atoms with van der Waals surface area (Å²) in [5, 5.41) is 30.0. The maximum Gasteiger partial charge on any atom is 0.121 e. The molecule has 0 amide bonds. The molecule has 0 radical (unpaired) electrons. The Bertz CT molecular complexity index is 800. The number of phenolic OH excluding ortho intramolecular Hbond substituents is 2. The van der Waals surface area contributed by atoms with Gasteiger partial charge in [0.05, 0.1) is 0 Å². The van der Waals surface area contributed by atoms with Crippen LogP contribution in [0.15, 0.2) is 60.9 Å². The van der Waals surface area contributed by atoms with Crippen LogP contribution in [0.1, 0.15) is 45.7 Å². The molecule has 0 saturated heterocycles. The van der Waals surface area contributed by atoms with Crippen LogP contribution >= 0.6 is 0 Å². The summed E-state index contributed by atoms with van der Waals surface area (Å²) in [4.78, 5) is 0. The number of allylic oxidation sites excluding steroid dienone is 4. The first-order valence-electron chi connectivity index (χ1n) is 9.03. The second kappa shape index (κ2) is 8.63. The standard InChI is InChI=1S/C24H28O3/c1-6-8-21(25)9-7-10-22(19-11-15(2)23(26)16(3)12-19)20-13-17(4)24(27)18(5)14-20/h6-9,11-14,22,25-27H,1,10H2,2-5H3/b9-7-,21-8+. The summed E-state index contributed by atoms with van der Waals surface area (Å²) in [6.07, 6.45) is 7.33. The zero-order chi connectivity index (χ0) is 20.1. The Hall–Kier alpha value is -2.94. The van der Waals surface area contributed by atoms with Gasteiger partial charge in [-0.25, -0.2) is 0 Å². The summed E-state index contributed by atoms with van der Waals surface area (Å²) < 4.78 is 0. The SMILES string of the molecule is C=C/C=C(O)\C=C/CC(c1cc(C)c(O)c(C)c1)c1cc(C)c(O)c(C)c1. The van der Waals surface area contributed by atoms with Crippen molar-refractivity contribution in [3.8, 4) is 11.5 Å². The molecule has 2 aromatic carbocycles. The van der Waals surface area contributed by atoms with E-state index in [0.717, 1.165) is 33.4 Å². The van der Waals surface area contributed by atoms with Gasteiger partial charge in [-0.2, -0.15) is 0 Å². The summed E-state index contributed by atoms with van der Waals surface area (Å²) in [6, 6.07) is 7.99. The van der Waals surface area contributed by atoms with Gasteiger partial charge in [-0.3, -0.25) is 0 Å². The van der Waals surface area contributed by atoms with Crippen molar-refractivity contribution in [1.82, 2.24) is 0 Å². The Morgan fingerprint density at radius 3 is 1.67 bits per heavy atom. The van der Waals surface area contributed by atoms with Crippen LogP contribution in [0.25, 0.3) is 0 Å². The van der Waals surface area contributed by atoms with Crippen LogP contribution in [-0.4, -0.2) is 15.3 Å². The Labute approximate surface area is 161 Å². The number of phenols is 2. The lowest BCUT2D eigenvalue weighted by Gasteiger charge is -2.20. The van der Waals surface area contributed by atoms with E-state index in [4.69, 9.17) is 0 Å². The molecule has 0 aliphatic rings. The molecule has 3 nitrogen and oxygen atoms in total. The number of hydrogen-bond donors (Lipinski definition) is 3. The molecule has 142 valence electrons. The van der Waals surface area contributed by atoms with Gasteiger partial charge in [0.2, 0.25) is 0 Å². The molecular weight excluding hydrogens is 336 g/mol. The van der Waals surface area contributed by atoms with Gasteiger partial charge in [0, 0.05) is 5.92 Å². The lowest BCUT2D eigenvalue weighted by molar-refractivity contribution is 0.432. The third kappa shape index (κ3) is 4.82. The van der Waals surface area contributed by atoms with E-state index in [1.54, 1.807) is 6.08 Å². The van der Waals surface area contributed by atoms with Gasteiger partial charge in [0.25, 0.3) is 0 Å². The predicted molar refractivity (Wildman–Crippen MR) is 112 cm³/mol. The number of hydrogen-bond acceptors (Lipinski definition) is 3. The normalized spacial score (nSPS) is 12.1. The molecule has 0 aliphatic heterocycles. The molecule has 27 heavy (non-hydrogen) atoms. The lowest BCUT2D eigenvalue weighted by Crippen LogP contribution is -2.03. The van der Waals surface area contributed by atoms with E-state index in [0.29, 0.717) is 17.9 Å². The maximum atomic E-state index is 10.1. The smallest absolute Gasteiger partial charge is 0.121 e. The van der Waals surface area contributed by atoms with E-state index < -0.39 is 0 Å². The molecule has 0 bridgehead atoms. The highest BCUT2D eigenvalue weighted by Crippen LogP contribution is 2.36. The third-order valence-electron chi connectivity index (χ3n) is 4.78. The monoisotopic (exact) mass is 364 g/mol. The van der Waals surface area contributed by atoms with E-state index in [9.17, 15) is 15.3 Å². The van der Waals surface area contributed by atoms with Crippen LogP contribution in [0.3, 0.4) is 0 Å². The zero-order valence-corrected chi connectivity index (χ0v) is 16.5. The first kappa shape index (κ1) is 20.4. The highest BCUT2D eigenvalue weighted by Gasteiger charge is 2.17. The summed E-state index contributed by atoms with van der Waals surface area (Å²) in [5.74, 6) is 0.823. The molecule has 3 heteroatoms. The van der Waals surface area contributed by atoms with E-state index in [1.165, 1.54) is 12.2 Å². The fourth-order valence-corrected chi connectivity index (χ4v) is 3.35. The zero-order valence-electron chi connectivity index (χ0n) is 16.5. The quantitative estimate of drug-likeness (QED) is 0.433. The largest absolute Gasteiger partial charge is 0.508 e. The van der Waals surface area contributed by atoms with Crippen LogP contribution in [0.2, 0.25) is 0 Å². The van der Waals surface area contributed by atoms with Crippen LogP contribution in [0.5, 0.6) is 11.5 Å². The van der Waals surface area contributed by atoms with Gasteiger partial charge in [0.1, 0.15) is 17.3 Å². The Kier molecular flexibility index (Phi) is 6.51. The number of aryl methyl sites for hydroxylation is 4. The van der Waals surface area contributed by atoms with Gasteiger partial charge in [-0.05, 0) is 79.6 Å². The second-order valence-electron chi connectivity index (χ2n) is 7.02. The number of aliphatic hydroxyl groups excluding tert-OH is 1. The Morgan fingerprint density at radius 2 is 1.30 bits per heavy atom. The number of aliphatic hydroxyl groups is 1. The van der Waals surface area contributed by atoms with Crippen LogP contribution in [0.4, 0.5) is 0 Å². The van der Waals surface area contributed by atoms with Crippen molar-refractivity contribution in [2.75, 3.05) is 0 Å².